The maximum absolute atomic E-state index is 13.7. The lowest BCUT2D eigenvalue weighted by atomic mass is 9.43. The molecule has 10 heteroatoms. The first-order valence-corrected chi connectivity index (χ1v) is 17.6. The fraction of sp³-hybridized carbons (Fsp3) is 0.632. The van der Waals surface area contributed by atoms with Gasteiger partial charge >= 0.3 is 13.1 Å². The van der Waals surface area contributed by atoms with E-state index in [0.29, 0.717) is 29.6 Å². The summed E-state index contributed by atoms with van der Waals surface area (Å²) in [7, 11) is 3.18. The van der Waals surface area contributed by atoms with E-state index in [1.165, 1.54) is 5.56 Å². The number of nitrogens with zero attached hydrogens (tertiary/aromatic N) is 1. The van der Waals surface area contributed by atoms with Crippen molar-refractivity contribution in [2.45, 2.75) is 97.0 Å². The lowest BCUT2D eigenvalue weighted by Gasteiger charge is -2.64. The molecule has 1 N–H and O–H groups in total. The number of benzene rings is 2. The fourth-order valence-corrected chi connectivity index (χ4v) is 8.59. The van der Waals surface area contributed by atoms with Crippen molar-refractivity contribution in [3.8, 4) is 5.75 Å². The van der Waals surface area contributed by atoms with Gasteiger partial charge < -0.3 is 33.3 Å². The number of methoxy groups -OCH3 is 1. The highest BCUT2D eigenvalue weighted by atomic mass is 16.7. The molecule has 48 heavy (non-hydrogen) atoms. The zero-order valence-corrected chi connectivity index (χ0v) is 30.1. The van der Waals surface area contributed by atoms with Gasteiger partial charge in [-0.05, 0) is 81.4 Å². The number of nitrogens with one attached hydrogen (secondary N) is 1. The molecular formula is C38H54BN2O7+. The van der Waals surface area contributed by atoms with E-state index in [-0.39, 0.29) is 23.8 Å². The maximum Gasteiger partial charge on any atom is 0.482 e. The molecule has 0 aromatic heterocycles. The summed E-state index contributed by atoms with van der Waals surface area (Å²) in [5.74, 6) is 0.358. The first kappa shape index (κ1) is 34.9. The summed E-state index contributed by atoms with van der Waals surface area (Å²) in [6.45, 7) is 16.9. The summed E-state index contributed by atoms with van der Waals surface area (Å²) < 4.78 is 31.6. The number of esters is 1. The van der Waals surface area contributed by atoms with Crippen molar-refractivity contribution < 1.29 is 37.6 Å². The summed E-state index contributed by atoms with van der Waals surface area (Å²) in [6, 6.07) is 13.8. The molecule has 3 aliphatic carbocycles. The standard InChI is InChI=1S/C38H53BN2O7/c1-36(2,3)46-35(43)29-11-9-10-27(34(29)44-8)21-32(39-47-31-23-28-22-30(37(28,4)5)38(31,6)48-39)40-33(42)20-25-12-14-26(15-13-25)24-41(7)16-18-45-19-17-41/h9-15,28,30-32H,16-24H2,1-8H3/p+1. The predicted molar refractivity (Wildman–Crippen MR) is 184 cm³/mol. The molecule has 2 aromatic carbocycles. The Labute approximate surface area is 286 Å². The van der Waals surface area contributed by atoms with Gasteiger partial charge in [0.05, 0.1) is 51.4 Å². The third-order valence-electron chi connectivity index (χ3n) is 11.5. The number of hydrogen-bond acceptors (Lipinski definition) is 7. The number of likely N-dealkylation sites (N-methyl/N-ethyl adjacent to an activating group) is 1. The molecule has 2 bridgehead atoms. The van der Waals surface area contributed by atoms with Crippen LogP contribution in [0.15, 0.2) is 42.5 Å². The Morgan fingerprint density at radius 1 is 1.04 bits per heavy atom. The summed E-state index contributed by atoms with van der Waals surface area (Å²) >= 11 is 0. The van der Waals surface area contributed by atoms with Gasteiger partial charge in [0.1, 0.15) is 36.5 Å². The van der Waals surface area contributed by atoms with Gasteiger partial charge in [0.15, 0.2) is 0 Å². The topological polar surface area (TPSA) is 92.3 Å². The van der Waals surface area contributed by atoms with Gasteiger partial charge in [0.25, 0.3) is 0 Å². The van der Waals surface area contributed by atoms with Crippen LogP contribution in [0.2, 0.25) is 0 Å². The molecule has 2 aromatic rings. The Balaban J connectivity index is 1.21. The predicted octanol–water partition coefficient (Wildman–Crippen LogP) is 5.16. The van der Waals surface area contributed by atoms with Crippen LogP contribution in [0.4, 0.5) is 0 Å². The number of quaternary nitrogens is 1. The minimum atomic E-state index is -0.652. The number of para-hydroxylation sites is 1. The molecule has 2 aliphatic heterocycles. The van der Waals surface area contributed by atoms with E-state index >= 15 is 0 Å². The largest absolute Gasteiger partial charge is 0.496 e. The van der Waals surface area contributed by atoms with Crippen LogP contribution in [0.25, 0.3) is 0 Å². The number of ether oxygens (including phenoxy) is 3. The zero-order chi connectivity index (χ0) is 34.5. The number of amides is 1. The van der Waals surface area contributed by atoms with Crippen molar-refractivity contribution in [2.24, 2.45) is 17.3 Å². The Morgan fingerprint density at radius 3 is 2.38 bits per heavy atom. The van der Waals surface area contributed by atoms with Gasteiger partial charge in [0, 0.05) is 5.56 Å². The molecule has 0 radical (unpaired) electrons. The SMILES string of the molecule is COc1c(CC(NC(=O)Cc2ccc(C[N+]3(C)CCOCC3)cc2)B2OC3CC4CC(C4(C)C)C3(C)O2)cccc1C(=O)OC(C)(C)C. The van der Waals surface area contributed by atoms with Gasteiger partial charge in [-0.1, -0.05) is 50.2 Å². The van der Waals surface area contributed by atoms with E-state index in [0.717, 1.165) is 61.3 Å². The van der Waals surface area contributed by atoms with Crippen LogP contribution in [0.1, 0.15) is 81.4 Å². The summed E-state index contributed by atoms with van der Waals surface area (Å²) in [4.78, 5) is 26.9. The van der Waals surface area contributed by atoms with Crippen molar-refractivity contribution in [1.82, 2.24) is 5.32 Å². The number of carbonyl (C=O) groups is 2. The van der Waals surface area contributed by atoms with Gasteiger partial charge in [-0.25, -0.2) is 4.79 Å². The van der Waals surface area contributed by atoms with E-state index in [2.05, 4.69) is 57.4 Å². The fourth-order valence-electron chi connectivity index (χ4n) is 8.59. The monoisotopic (exact) mass is 661 g/mol. The number of carbonyl (C=O) groups excluding carboxylic acids is 2. The van der Waals surface area contributed by atoms with Crippen LogP contribution in [0.5, 0.6) is 5.75 Å². The van der Waals surface area contributed by atoms with E-state index in [1.54, 1.807) is 13.2 Å². The Bertz CT molecular complexity index is 1500. The van der Waals surface area contributed by atoms with Gasteiger partial charge in [-0.3, -0.25) is 4.79 Å². The molecule has 2 heterocycles. The zero-order valence-electron chi connectivity index (χ0n) is 30.1. The second-order valence-corrected chi connectivity index (χ2v) is 16.5. The minimum Gasteiger partial charge on any atom is -0.496 e. The van der Waals surface area contributed by atoms with Crippen molar-refractivity contribution in [2.75, 3.05) is 40.5 Å². The van der Waals surface area contributed by atoms with Crippen LogP contribution in [-0.2, 0) is 43.0 Å². The van der Waals surface area contributed by atoms with E-state index in [4.69, 9.17) is 23.5 Å². The molecule has 2 saturated heterocycles. The Kier molecular flexibility index (Phi) is 9.52. The molecule has 5 unspecified atom stereocenters. The molecule has 3 saturated carbocycles. The lowest BCUT2D eigenvalue weighted by molar-refractivity contribution is -0.929. The molecule has 7 rings (SSSR count). The van der Waals surface area contributed by atoms with E-state index in [9.17, 15) is 9.59 Å². The summed E-state index contributed by atoms with van der Waals surface area (Å²) in [6.07, 6.45) is 2.65. The van der Waals surface area contributed by atoms with Gasteiger partial charge in [0.2, 0.25) is 5.91 Å². The van der Waals surface area contributed by atoms with Crippen molar-refractivity contribution >= 4 is 19.0 Å². The molecule has 260 valence electrons. The molecule has 1 amide bonds. The van der Waals surface area contributed by atoms with E-state index < -0.39 is 30.2 Å². The Hall–Kier alpha value is -2.92. The van der Waals surface area contributed by atoms with Crippen LogP contribution < -0.4 is 10.1 Å². The number of morpholine rings is 1. The van der Waals surface area contributed by atoms with Crippen LogP contribution >= 0.6 is 0 Å². The lowest BCUT2D eigenvalue weighted by Crippen LogP contribution is -2.65. The highest BCUT2D eigenvalue weighted by molar-refractivity contribution is 6.48. The highest BCUT2D eigenvalue weighted by Gasteiger charge is 2.68. The number of hydrogen-bond donors (Lipinski definition) is 1. The Morgan fingerprint density at radius 2 is 1.73 bits per heavy atom. The number of rotatable bonds is 10. The molecule has 5 aliphatic rings. The van der Waals surface area contributed by atoms with Gasteiger partial charge in [-0.15, -0.1) is 0 Å². The second-order valence-electron chi connectivity index (χ2n) is 16.5. The van der Waals surface area contributed by atoms with Crippen LogP contribution in [-0.4, -0.2) is 87.2 Å². The first-order chi connectivity index (χ1) is 22.6. The van der Waals surface area contributed by atoms with Crippen LogP contribution in [0, 0.1) is 17.3 Å². The van der Waals surface area contributed by atoms with Crippen molar-refractivity contribution in [1.29, 1.82) is 0 Å². The van der Waals surface area contributed by atoms with Gasteiger partial charge in [-0.2, -0.15) is 0 Å². The smallest absolute Gasteiger partial charge is 0.482 e. The third-order valence-corrected chi connectivity index (χ3v) is 11.5. The highest BCUT2D eigenvalue weighted by Crippen LogP contribution is 2.65. The molecular weight excluding hydrogens is 607 g/mol. The summed E-state index contributed by atoms with van der Waals surface area (Å²) in [5.41, 5.74) is 2.43. The maximum atomic E-state index is 13.7. The minimum absolute atomic E-state index is 0.0304. The average molecular weight is 662 g/mol. The molecule has 9 nitrogen and oxygen atoms in total. The summed E-state index contributed by atoms with van der Waals surface area (Å²) in [5, 5.41) is 3.28. The van der Waals surface area contributed by atoms with Crippen LogP contribution in [0.3, 0.4) is 0 Å². The second kappa shape index (κ2) is 13.1. The quantitative estimate of drug-likeness (QED) is 0.214. The third kappa shape index (κ3) is 7.04. The molecule has 5 fully saturated rings. The average Bonchev–Trinajstić information content (AvgIpc) is 3.38. The molecule has 0 spiro atoms. The van der Waals surface area contributed by atoms with E-state index in [1.807, 2.05) is 32.9 Å². The van der Waals surface area contributed by atoms with Crippen molar-refractivity contribution in [3.63, 3.8) is 0 Å². The first-order valence-electron chi connectivity index (χ1n) is 17.6. The normalized spacial score (nSPS) is 27.8. The molecule has 5 atom stereocenters. The van der Waals surface area contributed by atoms with Crippen molar-refractivity contribution in [3.05, 3.63) is 64.7 Å².